The zero-order valence-electron chi connectivity index (χ0n) is 8.66. The lowest BCUT2D eigenvalue weighted by atomic mass is 10.9. The summed E-state index contributed by atoms with van der Waals surface area (Å²) >= 11 is 0. The Hall–Kier alpha value is 0.260. The Morgan fingerprint density at radius 1 is 1.00 bits per heavy atom. The zero-order valence-corrected chi connectivity index (χ0v) is 10.4. The molecule has 0 aliphatic heterocycles. The first-order valence-electron chi connectivity index (χ1n) is 4.41. The van der Waals surface area contributed by atoms with Crippen LogP contribution in [-0.2, 0) is 22.7 Å². The molecule has 0 aromatic rings. The van der Waals surface area contributed by atoms with Crippen LogP contribution in [0.2, 0.25) is 0 Å². The lowest BCUT2D eigenvalue weighted by Crippen LogP contribution is -2.04. The first-order chi connectivity index (χ1) is 6.83. The number of rotatable bonds is 8. The van der Waals surface area contributed by atoms with E-state index in [4.69, 9.17) is 23.4 Å². The maximum absolute atomic E-state index is 11.6. The zero-order chi connectivity index (χ0) is 11.9. The third-order valence-corrected chi connectivity index (χ3v) is 3.62. The van der Waals surface area contributed by atoms with Gasteiger partial charge in [0.15, 0.2) is 0 Å². The monoisotopic (exact) mass is 262 g/mol. The van der Waals surface area contributed by atoms with E-state index in [1.807, 2.05) is 0 Å². The number of phosphoric ester groups is 1. The molecular weight excluding hydrogens is 246 g/mol. The van der Waals surface area contributed by atoms with Crippen LogP contribution >= 0.6 is 15.4 Å². The molecule has 0 aliphatic rings. The molecule has 0 aliphatic carbocycles. The SMILES string of the molecule is CCOP(=O)(OCC)OCCP(=O)(O)O. The quantitative estimate of drug-likeness (QED) is 0.636. The molecule has 0 rings (SSSR count). The summed E-state index contributed by atoms with van der Waals surface area (Å²) in [6.45, 7) is 3.11. The van der Waals surface area contributed by atoms with Gasteiger partial charge in [-0.3, -0.25) is 18.1 Å². The number of phosphoric acid groups is 1. The average Bonchev–Trinajstić information content (AvgIpc) is 2.01. The highest BCUT2D eigenvalue weighted by atomic mass is 31.2. The van der Waals surface area contributed by atoms with Crippen molar-refractivity contribution in [3.05, 3.63) is 0 Å². The van der Waals surface area contributed by atoms with E-state index < -0.39 is 21.6 Å². The third-order valence-electron chi connectivity index (χ3n) is 1.21. The van der Waals surface area contributed by atoms with Gasteiger partial charge in [-0.05, 0) is 13.8 Å². The summed E-state index contributed by atoms with van der Waals surface area (Å²) in [5.74, 6) is 0. The summed E-state index contributed by atoms with van der Waals surface area (Å²) in [5.41, 5.74) is 0. The predicted molar refractivity (Wildman–Crippen MR) is 53.7 cm³/mol. The Labute approximate surface area is 88.5 Å². The van der Waals surface area contributed by atoms with E-state index in [0.29, 0.717) is 0 Å². The molecule has 15 heavy (non-hydrogen) atoms. The van der Waals surface area contributed by atoms with E-state index in [-0.39, 0.29) is 19.8 Å². The number of hydrogen-bond donors (Lipinski definition) is 2. The first kappa shape index (κ1) is 15.3. The fourth-order valence-electron chi connectivity index (χ4n) is 0.700. The van der Waals surface area contributed by atoms with Crippen LogP contribution in [0.5, 0.6) is 0 Å². The summed E-state index contributed by atoms with van der Waals surface area (Å²) in [4.78, 5) is 17.1. The van der Waals surface area contributed by atoms with E-state index in [9.17, 15) is 9.13 Å². The lowest BCUT2D eigenvalue weighted by Gasteiger charge is -2.16. The minimum absolute atomic E-state index is 0.132. The van der Waals surface area contributed by atoms with Crippen LogP contribution < -0.4 is 0 Å². The Bertz CT molecular complexity index is 250. The topological polar surface area (TPSA) is 102 Å². The molecule has 0 saturated heterocycles. The van der Waals surface area contributed by atoms with Gasteiger partial charge in [0.05, 0.1) is 26.0 Å². The van der Waals surface area contributed by atoms with E-state index in [1.165, 1.54) is 0 Å². The van der Waals surface area contributed by atoms with Crippen LogP contribution in [0.3, 0.4) is 0 Å². The van der Waals surface area contributed by atoms with Crippen molar-refractivity contribution in [1.29, 1.82) is 0 Å². The Morgan fingerprint density at radius 3 is 1.80 bits per heavy atom. The molecule has 0 fully saturated rings. The maximum atomic E-state index is 11.6. The van der Waals surface area contributed by atoms with Crippen molar-refractivity contribution >= 4 is 15.4 Å². The highest BCUT2D eigenvalue weighted by Crippen LogP contribution is 2.49. The molecule has 0 unspecified atom stereocenters. The summed E-state index contributed by atoms with van der Waals surface area (Å²) in [7, 11) is -7.80. The summed E-state index contributed by atoms with van der Waals surface area (Å²) in [6.07, 6.45) is -0.517. The molecule has 7 nitrogen and oxygen atoms in total. The summed E-state index contributed by atoms with van der Waals surface area (Å²) in [5, 5.41) is 0. The molecular formula is C6H16O7P2. The van der Waals surface area contributed by atoms with Gasteiger partial charge < -0.3 is 9.79 Å². The van der Waals surface area contributed by atoms with Gasteiger partial charge in [0.2, 0.25) is 0 Å². The molecule has 0 atom stereocenters. The predicted octanol–water partition coefficient (Wildman–Crippen LogP) is 1.36. The van der Waals surface area contributed by atoms with Crippen molar-refractivity contribution in [2.45, 2.75) is 13.8 Å². The molecule has 0 bridgehead atoms. The molecule has 0 radical (unpaired) electrons. The second kappa shape index (κ2) is 6.76. The molecule has 0 amide bonds. The van der Waals surface area contributed by atoms with Gasteiger partial charge in [0.1, 0.15) is 0 Å². The Morgan fingerprint density at radius 2 is 1.47 bits per heavy atom. The van der Waals surface area contributed by atoms with Crippen molar-refractivity contribution in [2.24, 2.45) is 0 Å². The number of hydrogen-bond acceptors (Lipinski definition) is 5. The average molecular weight is 262 g/mol. The normalized spacial score (nSPS) is 13.1. The molecule has 0 aromatic heterocycles. The fraction of sp³-hybridized carbons (Fsp3) is 1.00. The van der Waals surface area contributed by atoms with Gasteiger partial charge in [0, 0.05) is 0 Å². The van der Waals surface area contributed by atoms with Gasteiger partial charge in [-0.2, -0.15) is 0 Å². The van der Waals surface area contributed by atoms with Crippen LogP contribution in [0.1, 0.15) is 13.8 Å². The van der Waals surface area contributed by atoms with E-state index in [0.717, 1.165) is 0 Å². The Balaban J connectivity index is 4.07. The highest BCUT2D eigenvalue weighted by molar-refractivity contribution is 7.52. The molecule has 9 heteroatoms. The molecule has 2 N–H and O–H groups in total. The largest absolute Gasteiger partial charge is 0.474 e. The standard InChI is InChI=1S/C6H16O7P2/c1-3-11-15(10,12-4-2)13-5-6-14(7,8)9/h3-6H2,1-2H3,(H2,7,8,9). The first-order valence-corrected chi connectivity index (χ1v) is 7.67. The summed E-state index contributed by atoms with van der Waals surface area (Å²) < 4.78 is 36.2. The van der Waals surface area contributed by atoms with Crippen LogP contribution in [0.15, 0.2) is 0 Å². The van der Waals surface area contributed by atoms with Gasteiger partial charge in [-0.25, -0.2) is 4.57 Å². The molecule has 0 aromatic carbocycles. The van der Waals surface area contributed by atoms with Crippen molar-refractivity contribution in [2.75, 3.05) is 26.0 Å². The highest BCUT2D eigenvalue weighted by Gasteiger charge is 2.26. The Kier molecular flexibility index (Phi) is 6.88. The van der Waals surface area contributed by atoms with E-state index in [2.05, 4.69) is 0 Å². The van der Waals surface area contributed by atoms with E-state index >= 15 is 0 Å². The smallest absolute Gasteiger partial charge is 0.324 e. The lowest BCUT2D eigenvalue weighted by molar-refractivity contribution is 0.126. The van der Waals surface area contributed by atoms with Crippen LogP contribution in [0.4, 0.5) is 0 Å². The van der Waals surface area contributed by atoms with Gasteiger partial charge in [0.25, 0.3) is 0 Å². The summed E-state index contributed by atoms with van der Waals surface area (Å²) in [6, 6.07) is 0. The second-order valence-electron chi connectivity index (χ2n) is 2.50. The fourth-order valence-corrected chi connectivity index (χ4v) is 2.34. The van der Waals surface area contributed by atoms with Crippen molar-refractivity contribution in [1.82, 2.24) is 0 Å². The third kappa shape index (κ3) is 8.11. The second-order valence-corrected chi connectivity index (χ2v) is 5.95. The van der Waals surface area contributed by atoms with Crippen molar-refractivity contribution < 1.29 is 32.5 Å². The van der Waals surface area contributed by atoms with Crippen LogP contribution in [0.25, 0.3) is 0 Å². The van der Waals surface area contributed by atoms with E-state index in [1.54, 1.807) is 13.8 Å². The molecule has 0 heterocycles. The van der Waals surface area contributed by atoms with Gasteiger partial charge in [-0.1, -0.05) is 0 Å². The molecule has 92 valence electrons. The van der Waals surface area contributed by atoms with Crippen molar-refractivity contribution in [3.63, 3.8) is 0 Å². The van der Waals surface area contributed by atoms with Crippen molar-refractivity contribution in [3.8, 4) is 0 Å². The minimum Gasteiger partial charge on any atom is -0.324 e. The van der Waals surface area contributed by atoms with Crippen LogP contribution in [-0.4, -0.2) is 35.8 Å². The van der Waals surface area contributed by atoms with Gasteiger partial charge in [-0.15, -0.1) is 0 Å². The van der Waals surface area contributed by atoms with Crippen LogP contribution in [0, 0.1) is 0 Å². The maximum Gasteiger partial charge on any atom is 0.474 e. The minimum atomic E-state index is -4.15. The molecule has 0 spiro atoms. The van der Waals surface area contributed by atoms with Gasteiger partial charge >= 0.3 is 15.4 Å². The molecule has 0 saturated carbocycles.